The maximum atomic E-state index is 13.4. The van der Waals surface area contributed by atoms with E-state index < -0.39 is 5.97 Å². The molecule has 1 aromatic heterocycles. The van der Waals surface area contributed by atoms with E-state index >= 15 is 0 Å². The quantitative estimate of drug-likeness (QED) is 0.553. The van der Waals surface area contributed by atoms with Gasteiger partial charge in [-0.1, -0.05) is 39.4 Å². The van der Waals surface area contributed by atoms with Gasteiger partial charge in [-0.2, -0.15) is 0 Å². The Morgan fingerprint density at radius 3 is 2.52 bits per heavy atom. The van der Waals surface area contributed by atoms with Crippen LogP contribution in [0.3, 0.4) is 0 Å². The second kappa shape index (κ2) is 7.81. The number of nitrogens with one attached hydrogen (secondary N) is 1. The average Bonchev–Trinajstić information content (AvgIpc) is 3.49. The zero-order valence-corrected chi connectivity index (χ0v) is 20.6. The van der Waals surface area contributed by atoms with Crippen LogP contribution in [0.1, 0.15) is 35.6 Å². The molecule has 4 aliphatic rings. The number of carboxylic acids is 1. The number of rotatable bonds is 5. The van der Waals surface area contributed by atoms with Crippen molar-refractivity contribution in [2.24, 2.45) is 29.6 Å². The number of benzene rings is 1. The molecule has 6 unspecified atom stereocenters. The Balaban J connectivity index is 1.37. The lowest BCUT2D eigenvalue weighted by Gasteiger charge is -2.43. The van der Waals surface area contributed by atoms with Gasteiger partial charge in [0.05, 0.1) is 16.9 Å². The van der Waals surface area contributed by atoms with Crippen molar-refractivity contribution in [3.8, 4) is 0 Å². The number of halogens is 1. The number of imide groups is 1. The molecule has 2 aromatic rings. The van der Waals surface area contributed by atoms with Crippen molar-refractivity contribution < 1.29 is 19.5 Å². The van der Waals surface area contributed by atoms with Crippen LogP contribution in [-0.4, -0.2) is 44.6 Å². The fourth-order valence-electron chi connectivity index (χ4n) is 6.73. The third kappa shape index (κ3) is 3.20. The molecule has 7 atom stereocenters. The number of likely N-dealkylation sites (tertiary alicyclic amines) is 1. The number of carbonyl (C=O) groups excluding carboxylic acids is 2. The zero-order chi connectivity index (χ0) is 23.0. The first-order valence-corrected chi connectivity index (χ1v) is 13.6. The van der Waals surface area contributed by atoms with Crippen molar-refractivity contribution in [1.82, 2.24) is 9.88 Å². The van der Waals surface area contributed by atoms with Gasteiger partial charge >= 0.3 is 10.8 Å². The van der Waals surface area contributed by atoms with Crippen LogP contribution in [0.25, 0.3) is 0 Å². The molecule has 2 aliphatic carbocycles. The molecule has 0 spiro atoms. The monoisotopic (exact) mass is 548 g/mol. The highest BCUT2D eigenvalue weighted by Gasteiger charge is 2.69. The number of thioether (sulfide) groups is 1. The summed E-state index contributed by atoms with van der Waals surface area (Å²) in [6.07, 6.45) is 1.08. The maximum Gasteiger partial charge on any atom is 0.305 e. The van der Waals surface area contributed by atoms with Gasteiger partial charge in [0.2, 0.25) is 11.8 Å². The molecule has 2 N–H and O–H groups in total. The van der Waals surface area contributed by atoms with Gasteiger partial charge in [-0.15, -0.1) is 11.8 Å². The van der Waals surface area contributed by atoms with E-state index in [-0.39, 0.29) is 76.8 Å². The Morgan fingerprint density at radius 1 is 1.12 bits per heavy atom. The number of hydrogen-bond donors (Lipinski definition) is 2. The lowest BCUT2D eigenvalue weighted by atomic mass is 9.68. The SMILES string of the molecule is O=C(O)CCCN1C(=O)C2C3CC(C2C1=O)C1C3Sc2[nH]c(=O)sc2[C@@H]1c1ccc(Br)cc1. The lowest BCUT2D eigenvalue weighted by molar-refractivity contribution is -0.142. The third-order valence-electron chi connectivity index (χ3n) is 7.82. The van der Waals surface area contributed by atoms with Crippen LogP contribution >= 0.6 is 39.0 Å². The zero-order valence-electron chi connectivity index (χ0n) is 17.4. The number of nitrogens with zero attached hydrogens (tertiary/aromatic N) is 1. The van der Waals surface area contributed by atoms with Crippen molar-refractivity contribution in [1.29, 1.82) is 0 Å². The summed E-state index contributed by atoms with van der Waals surface area (Å²) in [5.74, 6) is -1.47. The molecular weight excluding hydrogens is 528 g/mol. The van der Waals surface area contributed by atoms with Crippen LogP contribution in [0, 0.1) is 29.6 Å². The van der Waals surface area contributed by atoms with E-state index in [1.807, 2.05) is 12.1 Å². The third-order valence-corrected chi connectivity index (χ3v) is 10.9. The van der Waals surface area contributed by atoms with E-state index in [2.05, 4.69) is 33.0 Å². The number of H-pyrrole nitrogens is 1. The number of carbonyl (C=O) groups is 3. The number of aromatic nitrogens is 1. The van der Waals surface area contributed by atoms with E-state index in [1.165, 1.54) is 16.2 Å². The number of aliphatic carboxylic acids is 1. The molecule has 2 bridgehead atoms. The fourth-order valence-corrected chi connectivity index (χ4v) is 9.88. The molecule has 2 aliphatic heterocycles. The van der Waals surface area contributed by atoms with E-state index in [4.69, 9.17) is 5.11 Å². The summed E-state index contributed by atoms with van der Waals surface area (Å²) in [7, 11) is 0. The van der Waals surface area contributed by atoms with E-state index in [9.17, 15) is 19.2 Å². The predicted octanol–water partition coefficient (Wildman–Crippen LogP) is 3.54. The molecule has 1 saturated heterocycles. The second-order valence-electron chi connectivity index (χ2n) is 9.34. The molecule has 2 saturated carbocycles. The molecular formula is C23H21BrN2O5S2. The van der Waals surface area contributed by atoms with Crippen molar-refractivity contribution in [2.75, 3.05) is 6.54 Å². The summed E-state index contributed by atoms with van der Waals surface area (Å²) >= 11 is 6.43. The highest BCUT2D eigenvalue weighted by Crippen LogP contribution is 2.68. The molecule has 6 rings (SSSR count). The van der Waals surface area contributed by atoms with Crippen LogP contribution in [0.5, 0.6) is 0 Å². The maximum absolute atomic E-state index is 13.4. The first-order valence-electron chi connectivity index (χ1n) is 11.1. The summed E-state index contributed by atoms with van der Waals surface area (Å²) in [4.78, 5) is 55.1. The van der Waals surface area contributed by atoms with E-state index in [1.54, 1.807) is 11.8 Å². The summed E-state index contributed by atoms with van der Waals surface area (Å²) in [6.45, 7) is 0.176. The van der Waals surface area contributed by atoms with Crippen molar-refractivity contribution in [2.45, 2.75) is 35.5 Å². The van der Waals surface area contributed by atoms with Gasteiger partial charge in [0.15, 0.2) is 0 Å². The number of fused-ring (bicyclic) bond motifs is 9. The summed E-state index contributed by atoms with van der Waals surface area (Å²) < 4.78 is 0.983. The molecule has 172 valence electrons. The van der Waals surface area contributed by atoms with Crippen molar-refractivity contribution in [3.05, 3.63) is 48.8 Å². The van der Waals surface area contributed by atoms with Gasteiger partial charge in [0, 0.05) is 33.5 Å². The first-order chi connectivity index (χ1) is 15.8. The number of aromatic amines is 1. The fraction of sp³-hybridized carbons (Fsp3) is 0.478. The topological polar surface area (TPSA) is 108 Å². The Morgan fingerprint density at radius 2 is 1.82 bits per heavy atom. The molecule has 3 heterocycles. The minimum absolute atomic E-state index is 0.0169. The summed E-state index contributed by atoms with van der Waals surface area (Å²) in [6, 6.07) is 8.18. The van der Waals surface area contributed by atoms with Crippen LogP contribution < -0.4 is 4.87 Å². The lowest BCUT2D eigenvalue weighted by Crippen LogP contribution is -2.42. The number of amides is 2. The second-order valence-corrected chi connectivity index (χ2v) is 12.5. The molecule has 2 amide bonds. The molecule has 1 aromatic carbocycles. The minimum atomic E-state index is -0.922. The van der Waals surface area contributed by atoms with Crippen molar-refractivity contribution >= 4 is 56.8 Å². The Hall–Kier alpha value is -1.91. The first kappa shape index (κ1) is 21.6. The molecule has 7 nitrogen and oxygen atoms in total. The smallest absolute Gasteiger partial charge is 0.305 e. The Labute approximate surface area is 206 Å². The van der Waals surface area contributed by atoms with Gasteiger partial charge in [-0.05, 0) is 48.3 Å². The average molecular weight is 549 g/mol. The van der Waals surface area contributed by atoms with Gasteiger partial charge in [-0.3, -0.25) is 24.1 Å². The summed E-state index contributed by atoms with van der Waals surface area (Å²) in [5, 5.41) is 10.0. The Kier molecular flexibility index (Phi) is 5.12. The predicted molar refractivity (Wildman–Crippen MR) is 126 cm³/mol. The molecule has 33 heavy (non-hydrogen) atoms. The van der Waals surface area contributed by atoms with Gasteiger partial charge in [-0.25, -0.2) is 0 Å². The highest BCUT2D eigenvalue weighted by atomic mass is 79.9. The van der Waals surface area contributed by atoms with E-state index in [0.717, 1.165) is 26.4 Å². The van der Waals surface area contributed by atoms with Gasteiger partial charge in [0.1, 0.15) is 0 Å². The van der Waals surface area contributed by atoms with E-state index in [0.29, 0.717) is 0 Å². The molecule has 3 fully saturated rings. The normalized spacial score (nSPS) is 33.8. The van der Waals surface area contributed by atoms with Gasteiger partial charge < -0.3 is 10.1 Å². The molecule has 10 heteroatoms. The number of hydrogen-bond acceptors (Lipinski definition) is 6. The van der Waals surface area contributed by atoms with Crippen molar-refractivity contribution in [3.63, 3.8) is 0 Å². The minimum Gasteiger partial charge on any atom is -0.481 e. The summed E-state index contributed by atoms with van der Waals surface area (Å²) in [5.41, 5.74) is 1.13. The Bertz CT molecular complexity index is 1220. The highest BCUT2D eigenvalue weighted by molar-refractivity contribution is 9.10. The van der Waals surface area contributed by atoms with Crippen LogP contribution in [-0.2, 0) is 14.4 Å². The van der Waals surface area contributed by atoms with Crippen LogP contribution in [0.2, 0.25) is 0 Å². The largest absolute Gasteiger partial charge is 0.481 e. The van der Waals surface area contributed by atoms with Crippen LogP contribution in [0.15, 0.2) is 38.6 Å². The van der Waals surface area contributed by atoms with Crippen LogP contribution in [0.4, 0.5) is 0 Å². The number of thiazole rings is 1. The standard InChI is InChI=1S/C23H21BrN2O5S2/c24-10-5-3-9(4-6-10)14-15-11-8-12(18(15)32-20-19(14)33-23(31)25-20)17-16(11)21(29)26(22(17)30)7-1-2-13(27)28/h3-6,11-12,14-18H,1-2,7-8H2,(H,25,31)(H,27,28)/t11?,12?,14-,15?,16?,17?,18?/m1/s1. The van der Waals surface area contributed by atoms with Gasteiger partial charge in [0.25, 0.3) is 0 Å². The molecule has 0 radical (unpaired) electrons. The number of carboxylic acid groups (broad SMARTS) is 1.